The summed E-state index contributed by atoms with van der Waals surface area (Å²) in [6, 6.07) is -0.380. The molecule has 3 fully saturated rings. The largest absolute Gasteiger partial charge is 0.391 e. The molecular weight excluding hydrogens is 270 g/mol. The number of β-lactam (4-membered cyclic amide) rings is 1. The third kappa shape index (κ3) is 2.34. The van der Waals surface area contributed by atoms with Crippen molar-refractivity contribution in [2.24, 2.45) is 0 Å². The first-order valence-corrected chi connectivity index (χ1v) is 8.00. The van der Waals surface area contributed by atoms with Crippen LogP contribution >= 0.6 is 0 Å². The zero-order valence-corrected chi connectivity index (χ0v) is 12.8. The summed E-state index contributed by atoms with van der Waals surface area (Å²) < 4.78 is 0. The highest BCUT2D eigenvalue weighted by atomic mass is 16.3. The summed E-state index contributed by atoms with van der Waals surface area (Å²) in [6.07, 6.45) is 3.00. The molecule has 3 saturated heterocycles. The van der Waals surface area contributed by atoms with Gasteiger partial charge in [0.25, 0.3) is 0 Å². The number of rotatable bonds is 3. The zero-order chi connectivity index (χ0) is 15.2. The lowest BCUT2D eigenvalue weighted by atomic mass is 9.84. The normalized spacial score (nSPS) is 35.2. The number of aliphatic hydroxyl groups excluding tert-OH is 1. The Morgan fingerprint density at radius 2 is 2.10 bits per heavy atom. The first-order valence-electron chi connectivity index (χ1n) is 8.00. The molecule has 3 rings (SSSR count). The molecule has 3 aliphatic rings. The molecule has 3 heterocycles. The molecule has 21 heavy (non-hydrogen) atoms. The van der Waals surface area contributed by atoms with Crippen molar-refractivity contribution in [3.63, 3.8) is 0 Å². The summed E-state index contributed by atoms with van der Waals surface area (Å²) in [4.78, 5) is 28.5. The molecule has 0 aliphatic carbocycles. The van der Waals surface area contributed by atoms with E-state index < -0.39 is 17.7 Å². The lowest BCUT2D eigenvalue weighted by Gasteiger charge is -2.51. The van der Waals surface area contributed by atoms with Crippen molar-refractivity contribution in [1.29, 1.82) is 0 Å². The van der Waals surface area contributed by atoms with Crippen molar-refractivity contribution in [2.45, 2.75) is 63.3 Å². The summed E-state index contributed by atoms with van der Waals surface area (Å²) in [5, 5.41) is 13.4. The van der Waals surface area contributed by atoms with Crippen LogP contribution in [0.4, 0.5) is 0 Å². The molecule has 2 amide bonds. The van der Waals surface area contributed by atoms with Gasteiger partial charge in [0.2, 0.25) is 11.8 Å². The molecule has 6 nitrogen and oxygen atoms in total. The molecule has 0 aromatic heterocycles. The third-order valence-electron chi connectivity index (χ3n) is 5.10. The van der Waals surface area contributed by atoms with Crippen LogP contribution in [0.25, 0.3) is 0 Å². The molecule has 0 saturated carbocycles. The van der Waals surface area contributed by atoms with E-state index in [1.807, 2.05) is 0 Å². The van der Waals surface area contributed by atoms with Gasteiger partial charge in [-0.05, 0) is 39.5 Å². The van der Waals surface area contributed by atoms with Crippen molar-refractivity contribution in [2.75, 3.05) is 19.6 Å². The van der Waals surface area contributed by atoms with Crippen LogP contribution in [-0.4, -0.2) is 70.1 Å². The van der Waals surface area contributed by atoms with Crippen LogP contribution in [0, 0.1) is 0 Å². The molecule has 4 atom stereocenters. The van der Waals surface area contributed by atoms with Crippen LogP contribution in [0.1, 0.15) is 39.5 Å². The van der Waals surface area contributed by atoms with Crippen molar-refractivity contribution >= 4 is 11.8 Å². The Bertz CT molecular complexity index is 447. The first-order chi connectivity index (χ1) is 9.94. The fraction of sp³-hybridized carbons (Fsp3) is 0.867. The maximum atomic E-state index is 12.6. The highest BCUT2D eigenvalue weighted by molar-refractivity contribution is 5.97. The molecule has 0 aromatic carbocycles. The van der Waals surface area contributed by atoms with E-state index in [0.29, 0.717) is 12.6 Å². The smallest absolute Gasteiger partial charge is 0.248 e. The molecule has 6 heteroatoms. The standard InChI is InChI=1S/C15H25N3O3/c1-10-5-6-15(16-10)9-18(14(15)21)12(11(2)19)13(20)17-7-3-4-8-17/h10-12,16,19H,3-9H2,1-2H3/t10?,11?,12-,15?/m0/s1. The van der Waals surface area contributed by atoms with Crippen LogP contribution < -0.4 is 5.32 Å². The molecule has 0 bridgehead atoms. The lowest BCUT2D eigenvalue weighted by molar-refractivity contribution is -0.167. The minimum Gasteiger partial charge on any atom is -0.391 e. The SMILES string of the molecule is CC1CCC2(CN([C@H](C(=O)N3CCCC3)C(C)O)C2=O)N1. The molecular formula is C15H25N3O3. The van der Waals surface area contributed by atoms with Gasteiger partial charge >= 0.3 is 0 Å². The number of nitrogens with zero attached hydrogens (tertiary/aromatic N) is 2. The van der Waals surface area contributed by atoms with E-state index in [4.69, 9.17) is 0 Å². The third-order valence-corrected chi connectivity index (χ3v) is 5.10. The van der Waals surface area contributed by atoms with Crippen LogP contribution in [0.5, 0.6) is 0 Å². The second kappa shape index (κ2) is 5.25. The lowest BCUT2D eigenvalue weighted by Crippen LogP contribution is -2.76. The highest BCUT2D eigenvalue weighted by Crippen LogP contribution is 2.36. The summed E-state index contributed by atoms with van der Waals surface area (Å²) >= 11 is 0. The highest BCUT2D eigenvalue weighted by Gasteiger charge is 2.58. The van der Waals surface area contributed by atoms with E-state index in [9.17, 15) is 14.7 Å². The molecule has 1 spiro atoms. The van der Waals surface area contributed by atoms with E-state index in [1.165, 1.54) is 0 Å². The Morgan fingerprint density at radius 1 is 1.43 bits per heavy atom. The van der Waals surface area contributed by atoms with Gasteiger partial charge in [-0.2, -0.15) is 0 Å². The molecule has 3 unspecified atom stereocenters. The predicted molar refractivity (Wildman–Crippen MR) is 77.6 cm³/mol. The summed E-state index contributed by atoms with van der Waals surface area (Å²) in [5.74, 6) is -0.123. The summed E-state index contributed by atoms with van der Waals surface area (Å²) in [7, 11) is 0. The van der Waals surface area contributed by atoms with Crippen molar-refractivity contribution < 1.29 is 14.7 Å². The number of aliphatic hydroxyl groups is 1. The van der Waals surface area contributed by atoms with Crippen LogP contribution in [-0.2, 0) is 9.59 Å². The van der Waals surface area contributed by atoms with Crippen LogP contribution in [0.15, 0.2) is 0 Å². The molecule has 0 aromatic rings. The minimum absolute atomic E-state index is 0.0229. The maximum Gasteiger partial charge on any atom is 0.248 e. The van der Waals surface area contributed by atoms with E-state index in [0.717, 1.165) is 38.8 Å². The van der Waals surface area contributed by atoms with Crippen molar-refractivity contribution in [1.82, 2.24) is 15.1 Å². The van der Waals surface area contributed by atoms with Crippen molar-refractivity contribution in [3.8, 4) is 0 Å². The van der Waals surface area contributed by atoms with E-state index >= 15 is 0 Å². The average molecular weight is 295 g/mol. The predicted octanol–water partition coefficient (Wildman–Crippen LogP) is -0.289. The van der Waals surface area contributed by atoms with E-state index in [1.54, 1.807) is 16.7 Å². The summed E-state index contributed by atoms with van der Waals surface area (Å²) in [5.41, 5.74) is -0.474. The maximum absolute atomic E-state index is 12.6. The van der Waals surface area contributed by atoms with Gasteiger partial charge in [0.1, 0.15) is 11.6 Å². The number of amides is 2. The number of hydrogen-bond acceptors (Lipinski definition) is 4. The minimum atomic E-state index is -0.835. The number of nitrogens with one attached hydrogen (secondary N) is 1. The average Bonchev–Trinajstić information content (AvgIpc) is 3.08. The second-order valence-corrected chi connectivity index (χ2v) is 6.82. The fourth-order valence-electron chi connectivity index (χ4n) is 3.94. The monoisotopic (exact) mass is 295 g/mol. The van der Waals surface area contributed by atoms with Gasteiger partial charge in [-0.15, -0.1) is 0 Å². The van der Waals surface area contributed by atoms with Gasteiger partial charge in [0, 0.05) is 25.7 Å². The Balaban J connectivity index is 1.71. The topological polar surface area (TPSA) is 72.9 Å². The van der Waals surface area contributed by atoms with Gasteiger partial charge in [-0.25, -0.2) is 0 Å². The first kappa shape index (κ1) is 14.8. The molecule has 2 N–H and O–H groups in total. The summed E-state index contributed by atoms with van der Waals surface area (Å²) in [6.45, 7) is 5.69. The van der Waals surface area contributed by atoms with Gasteiger partial charge in [0.15, 0.2) is 0 Å². The van der Waals surface area contributed by atoms with Gasteiger partial charge in [-0.1, -0.05) is 0 Å². The van der Waals surface area contributed by atoms with Gasteiger partial charge in [0.05, 0.1) is 6.10 Å². The van der Waals surface area contributed by atoms with Crippen LogP contribution in [0.3, 0.4) is 0 Å². The number of carbonyl (C=O) groups excluding carboxylic acids is 2. The Hall–Kier alpha value is -1.14. The quantitative estimate of drug-likeness (QED) is 0.702. The van der Waals surface area contributed by atoms with E-state index in [2.05, 4.69) is 12.2 Å². The number of carbonyl (C=O) groups is 2. The Kier molecular flexibility index (Phi) is 3.69. The Labute approximate surface area is 125 Å². The second-order valence-electron chi connectivity index (χ2n) is 6.82. The number of hydrogen-bond donors (Lipinski definition) is 2. The van der Waals surface area contributed by atoms with Gasteiger partial charge in [-0.3, -0.25) is 14.9 Å². The Morgan fingerprint density at radius 3 is 2.57 bits per heavy atom. The van der Waals surface area contributed by atoms with Gasteiger partial charge < -0.3 is 14.9 Å². The number of likely N-dealkylation sites (tertiary alicyclic amines) is 2. The van der Waals surface area contributed by atoms with Crippen molar-refractivity contribution in [3.05, 3.63) is 0 Å². The van der Waals surface area contributed by atoms with Crippen LogP contribution in [0.2, 0.25) is 0 Å². The van der Waals surface area contributed by atoms with E-state index in [-0.39, 0.29) is 11.8 Å². The molecule has 3 aliphatic heterocycles. The molecule has 0 radical (unpaired) electrons. The fourth-order valence-corrected chi connectivity index (χ4v) is 3.94. The molecule has 118 valence electrons. The zero-order valence-electron chi connectivity index (χ0n) is 12.8.